The molecule has 2 saturated heterocycles. The molecule has 0 radical (unpaired) electrons. The van der Waals surface area contributed by atoms with Crippen LogP contribution in [0.25, 0.3) is 0 Å². The summed E-state index contributed by atoms with van der Waals surface area (Å²) in [7, 11) is 0. The van der Waals surface area contributed by atoms with E-state index in [9.17, 15) is 40.5 Å². The van der Waals surface area contributed by atoms with Gasteiger partial charge in [0.2, 0.25) is 0 Å². The molecule has 11 unspecified atom stereocenters. The zero-order valence-electron chi connectivity index (χ0n) is 39.7. The van der Waals surface area contributed by atoms with Gasteiger partial charge >= 0.3 is 5.97 Å². The Balaban J connectivity index is 1.82. The van der Waals surface area contributed by atoms with Gasteiger partial charge in [0, 0.05) is 6.42 Å². The number of hydrogen-bond donors (Lipinski definition) is 7. The summed E-state index contributed by atoms with van der Waals surface area (Å²) in [5.74, 6) is -0.402. The molecule has 7 N–H and O–H groups in total. The van der Waals surface area contributed by atoms with Gasteiger partial charge in [-0.1, -0.05) is 164 Å². The van der Waals surface area contributed by atoms with Crippen molar-refractivity contribution in [3.8, 4) is 0 Å². The number of esters is 1. The Morgan fingerprint density at radius 3 is 1.48 bits per heavy atom. The van der Waals surface area contributed by atoms with Gasteiger partial charge in [0.15, 0.2) is 12.6 Å². The summed E-state index contributed by atoms with van der Waals surface area (Å²) in [5, 5.41) is 72.0. The average molecular weight is 925 g/mol. The second kappa shape index (κ2) is 38.6. The molecule has 2 rings (SSSR count). The lowest BCUT2D eigenvalue weighted by molar-refractivity contribution is -0.332. The highest BCUT2D eigenvalue weighted by Crippen LogP contribution is 2.26. The maximum atomic E-state index is 13.0. The van der Waals surface area contributed by atoms with Gasteiger partial charge in [-0.05, 0) is 44.9 Å². The molecular weight excluding hydrogens is 837 g/mol. The summed E-state index contributed by atoms with van der Waals surface area (Å²) < 4.78 is 34.1. The predicted molar refractivity (Wildman–Crippen MR) is 252 cm³/mol. The summed E-state index contributed by atoms with van der Waals surface area (Å²) in [6, 6.07) is 0. The summed E-state index contributed by atoms with van der Waals surface area (Å²) in [6.45, 7) is 3.34. The number of carbonyl (C=O) groups excluding carboxylic acids is 1. The molecule has 0 spiro atoms. The van der Waals surface area contributed by atoms with Crippen molar-refractivity contribution in [1.29, 1.82) is 0 Å². The van der Waals surface area contributed by atoms with Gasteiger partial charge in [-0.3, -0.25) is 4.79 Å². The number of rotatable bonds is 38. The van der Waals surface area contributed by atoms with Crippen molar-refractivity contribution in [2.45, 2.75) is 223 Å². The predicted octanol–water partition coefficient (Wildman–Crippen LogP) is 6.96. The van der Waals surface area contributed by atoms with Crippen LogP contribution in [0.1, 0.15) is 155 Å². The molecule has 0 saturated carbocycles. The van der Waals surface area contributed by atoms with E-state index in [0.29, 0.717) is 19.4 Å². The second-order valence-corrected chi connectivity index (χ2v) is 17.3. The van der Waals surface area contributed by atoms with Crippen LogP contribution in [-0.4, -0.2) is 142 Å². The van der Waals surface area contributed by atoms with E-state index in [-0.39, 0.29) is 19.6 Å². The third-order valence-electron chi connectivity index (χ3n) is 11.6. The summed E-state index contributed by atoms with van der Waals surface area (Å²) in [5.41, 5.74) is 0. The molecule has 2 aliphatic heterocycles. The van der Waals surface area contributed by atoms with Crippen molar-refractivity contribution >= 4 is 5.97 Å². The van der Waals surface area contributed by atoms with Crippen molar-refractivity contribution in [2.24, 2.45) is 0 Å². The smallest absolute Gasteiger partial charge is 0.306 e. The monoisotopic (exact) mass is 925 g/mol. The highest BCUT2D eigenvalue weighted by molar-refractivity contribution is 5.69. The molecule has 376 valence electrons. The average Bonchev–Trinajstić information content (AvgIpc) is 3.30. The number of ether oxygens (including phenoxy) is 6. The SMILES string of the molecule is CC/C=C\C/C=C\C/C=C\C/C=C\C/C=C\CCOCC(COC1OC(COC2OC(CO)C(O)C(O)C2O)C(O)C(O)C1O)OC(=O)CCCCCCCCCCCCCCCCC. The molecule has 0 bridgehead atoms. The first-order valence-electron chi connectivity index (χ1n) is 24.9. The highest BCUT2D eigenvalue weighted by atomic mass is 16.7. The van der Waals surface area contributed by atoms with E-state index in [1.165, 1.54) is 70.6 Å². The molecule has 0 aromatic rings. The molecule has 14 heteroatoms. The van der Waals surface area contributed by atoms with Crippen molar-refractivity contribution < 1.29 is 69.0 Å². The van der Waals surface area contributed by atoms with Crippen LogP contribution in [0, 0.1) is 0 Å². The number of hydrogen-bond acceptors (Lipinski definition) is 14. The van der Waals surface area contributed by atoms with Crippen LogP contribution in [-0.2, 0) is 33.2 Å². The van der Waals surface area contributed by atoms with Crippen LogP contribution in [0.5, 0.6) is 0 Å². The van der Waals surface area contributed by atoms with E-state index in [1.807, 2.05) is 6.08 Å². The van der Waals surface area contributed by atoms with E-state index >= 15 is 0 Å². The van der Waals surface area contributed by atoms with Crippen molar-refractivity contribution in [3.05, 3.63) is 60.8 Å². The van der Waals surface area contributed by atoms with Crippen LogP contribution < -0.4 is 0 Å². The fourth-order valence-electron chi connectivity index (χ4n) is 7.53. The normalized spacial score (nSPS) is 27.0. The number of aliphatic hydroxyl groups excluding tert-OH is 7. The molecular formula is C51H88O14. The largest absolute Gasteiger partial charge is 0.457 e. The quantitative estimate of drug-likeness (QED) is 0.0190. The first-order chi connectivity index (χ1) is 31.6. The molecule has 2 heterocycles. The highest BCUT2D eigenvalue weighted by Gasteiger charge is 2.47. The third kappa shape index (κ3) is 26.7. The lowest BCUT2D eigenvalue weighted by Gasteiger charge is -2.42. The van der Waals surface area contributed by atoms with Crippen LogP contribution >= 0.6 is 0 Å². The fourth-order valence-corrected chi connectivity index (χ4v) is 7.53. The second-order valence-electron chi connectivity index (χ2n) is 17.3. The van der Waals surface area contributed by atoms with Gasteiger partial charge in [-0.2, -0.15) is 0 Å². The van der Waals surface area contributed by atoms with Gasteiger partial charge < -0.3 is 64.2 Å². The lowest BCUT2D eigenvalue weighted by Crippen LogP contribution is -2.61. The Bertz CT molecular complexity index is 1300. The molecule has 0 aromatic carbocycles. The van der Waals surface area contributed by atoms with Crippen LogP contribution in [0.4, 0.5) is 0 Å². The standard InChI is InChI=1S/C51H88O14/c1-3-5-7-9-11-13-15-17-19-21-23-25-27-29-31-33-35-60-37-40(63-43(53)34-32-30-28-26-24-22-20-18-16-14-12-10-8-6-4-2)38-61-50-49(59)47(57)45(55)42(65-50)39-62-51-48(58)46(56)44(54)41(36-52)64-51/h5,7,11,13,17,19,23,25,29,31,40-42,44-52,54-59H,3-4,6,8-10,12,14-16,18,20-22,24,26-28,30,32-39H2,1-2H3/b7-5-,13-11-,19-17-,25-23-,31-29-. The van der Waals surface area contributed by atoms with E-state index < -0.39 is 86.7 Å². The Kier molecular flexibility index (Phi) is 35.0. The third-order valence-corrected chi connectivity index (χ3v) is 11.6. The fraction of sp³-hybridized carbons (Fsp3) is 0.784. The molecule has 0 aromatic heterocycles. The first kappa shape index (κ1) is 58.8. The van der Waals surface area contributed by atoms with Crippen LogP contribution in [0.3, 0.4) is 0 Å². The van der Waals surface area contributed by atoms with Gasteiger partial charge in [0.1, 0.15) is 54.9 Å². The van der Waals surface area contributed by atoms with Gasteiger partial charge in [-0.15, -0.1) is 0 Å². The Hall–Kier alpha value is -2.31. The topological polar surface area (TPSA) is 214 Å². The zero-order chi connectivity index (χ0) is 47.3. The molecule has 14 nitrogen and oxygen atoms in total. The number of aliphatic hydroxyl groups is 7. The number of carbonyl (C=O) groups is 1. The molecule has 65 heavy (non-hydrogen) atoms. The number of allylic oxidation sites excluding steroid dienone is 9. The zero-order valence-corrected chi connectivity index (χ0v) is 39.7. The van der Waals surface area contributed by atoms with E-state index in [1.54, 1.807) is 0 Å². The van der Waals surface area contributed by atoms with Gasteiger partial charge in [0.25, 0.3) is 0 Å². The Morgan fingerprint density at radius 2 is 0.969 bits per heavy atom. The van der Waals surface area contributed by atoms with E-state index in [2.05, 4.69) is 68.5 Å². The molecule has 11 atom stereocenters. The molecule has 2 aliphatic rings. The van der Waals surface area contributed by atoms with Crippen LogP contribution in [0.15, 0.2) is 60.8 Å². The Labute approximate surface area is 390 Å². The molecule has 0 aliphatic carbocycles. The number of unbranched alkanes of at least 4 members (excludes halogenated alkanes) is 14. The lowest BCUT2D eigenvalue weighted by atomic mass is 9.98. The van der Waals surface area contributed by atoms with Crippen molar-refractivity contribution in [2.75, 3.05) is 33.0 Å². The minimum absolute atomic E-state index is 0.00689. The van der Waals surface area contributed by atoms with Crippen LogP contribution in [0.2, 0.25) is 0 Å². The van der Waals surface area contributed by atoms with Gasteiger partial charge in [0.05, 0.1) is 33.0 Å². The summed E-state index contributed by atoms with van der Waals surface area (Å²) in [4.78, 5) is 13.0. The molecule has 2 fully saturated rings. The van der Waals surface area contributed by atoms with Crippen molar-refractivity contribution in [1.82, 2.24) is 0 Å². The summed E-state index contributed by atoms with van der Waals surface area (Å²) >= 11 is 0. The first-order valence-corrected chi connectivity index (χ1v) is 24.9. The maximum absolute atomic E-state index is 13.0. The molecule has 0 amide bonds. The minimum Gasteiger partial charge on any atom is -0.457 e. The summed E-state index contributed by atoms with van der Waals surface area (Å²) in [6.07, 6.45) is 28.8. The van der Waals surface area contributed by atoms with E-state index in [4.69, 9.17) is 28.4 Å². The Morgan fingerprint density at radius 1 is 0.523 bits per heavy atom. The maximum Gasteiger partial charge on any atom is 0.306 e. The minimum atomic E-state index is -1.72. The van der Waals surface area contributed by atoms with E-state index in [0.717, 1.165) is 51.4 Å². The van der Waals surface area contributed by atoms with Crippen molar-refractivity contribution in [3.63, 3.8) is 0 Å². The van der Waals surface area contributed by atoms with Gasteiger partial charge in [-0.25, -0.2) is 0 Å².